The molecule has 1 aliphatic rings. The van der Waals surface area contributed by atoms with Crippen molar-refractivity contribution in [1.82, 2.24) is 0 Å². The maximum Gasteiger partial charge on any atom is 0.268 e. The molecule has 0 unspecified atom stereocenters. The Balaban J connectivity index is 0.000000360. The predicted octanol–water partition coefficient (Wildman–Crippen LogP) is -2.98. The van der Waals surface area contributed by atoms with E-state index < -0.39 is 0 Å². The van der Waals surface area contributed by atoms with Crippen molar-refractivity contribution in [3.63, 3.8) is 0 Å². The molecule has 1 aliphatic heterocycles. The van der Waals surface area contributed by atoms with E-state index in [1.807, 2.05) is 0 Å². The van der Waals surface area contributed by atoms with Gasteiger partial charge in [0.25, 0.3) is 5.17 Å². The van der Waals surface area contributed by atoms with Crippen molar-refractivity contribution in [3.05, 3.63) is 0 Å². The molecular formula is C2H3Cl2NS2. The Labute approximate surface area is 61.2 Å². The summed E-state index contributed by atoms with van der Waals surface area (Å²) < 4.78 is 2.88. The van der Waals surface area contributed by atoms with Crippen LogP contribution in [0.25, 0.3) is 0 Å². The molecule has 0 amide bonds. The average Bonchev–Trinajstić information content (AvgIpc) is 1.86. The molecule has 0 fully saturated rings. The summed E-state index contributed by atoms with van der Waals surface area (Å²) in [5.41, 5.74) is 0. The van der Waals surface area contributed by atoms with Crippen molar-refractivity contribution in [3.8, 4) is 0 Å². The third-order valence-electron chi connectivity index (χ3n) is 0.397. The van der Waals surface area contributed by atoms with Gasteiger partial charge in [-0.05, 0) is 22.4 Å². The van der Waals surface area contributed by atoms with Gasteiger partial charge in [-0.2, -0.15) is 4.40 Å². The van der Waals surface area contributed by atoms with Gasteiger partial charge in [-0.15, -0.1) is 0 Å². The summed E-state index contributed by atoms with van der Waals surface area (Å²) in [5, 5.41) is 0.852. The Kier molecular flexibility index (Phi) is 4.42. The van der Waals surface area contributed by atoms with Crippen LogP contribution in [0.15, 0.2) is 0 Å². The van der Waals surface area contributed by atoms with E-state index in [9.17, 15) is 0 Å². The molecule has 42 valence electrons. The van der Waals surface area contributed by atoms with Gasteiger partial charge < -0.3 is 12.4 Å². The van der Waals surface area contributed by atoms with Crippen LogP contribution in [-0.4, -0.2) is 10.9 Å². The second kappa shape index (κ2) is 3.89. The molecule has 1 heterocycles. The van der Waals surface area contributed by atoms with E-state index in [0.717, 1.165) is 10.9 Å². The lowest BCUT2D eigenvalue weighted by Crippen LogP contribution is -3.00. The highest BCUT2D eigenvalue weighted by molar-refractivity contribution is 8.74. The average molecular weight is 176 g/mol. The Morgan fingerprint density at radius 2 is 2.43 bits per heavy atom. The third-order valence-corrected chi connectivity index (χ3v) is 2.71. The predicted molar refractivity (Wildman–Crippen MR) is 31.9 cm³/mol. The fraction of sp³-hybridized carbons (Fsp3) is 0.500. The summed E-state index contributed by atoms with van der Waals surface area (Å²) in [6.45, 7) is 0. The minimum absolute atomic E-state index is 0. The molecule has 1 nitrogen and oxygen atoms in total. The minimum Gasteiger partial charge on any atom is -1.00 e. The number of nitrogens with one attached hydrogen (secondary N) is 1. The monoisotopic (exact) mass is 175 g/mol. The Morgan fingerprint density at radius 1 is 1.71 bits per heavy atom. The molecule has 0 saturated carbocycles. The van der Waals surface area contributed by atoms with Crippen molar-refractivity contribution in [2.75, 3.05) is 5.75 Å². The molecule has 0 bridgehead atoms. The highest BCUT2D eigenvalue weighted by Gasteiger charge is 2.11. The number of hydrogen-bond acceptors (Lipinski definition) is 2. The second-order valence-electron chi connectivity index (χ2n) is 0.852. The standard InChI is InChI=1S/C2H2ClNS2.ClH/c3-2-1-5-6-4-2;/h1H2;1H. The highest BCUT2D eigenvalue weighted by Crippen LogP contribution is 2.15. The summed E-state index contributed by atoms with van der Waals surface area (Å²) in [7, 11) is 3.30. The van der Waals surface area contributed by atoms with Crippen LogP contribution in [0.2, 0.25) is 0 Å². The van der Waals surface area contributed by atoms with Crippen LogP contribution in [0.5, 0.6) is 0 Å². The molecule has 0 aromatic carbocycles. The summed E-state index contributed by atoms with van der Waals surface area (Å²) in [6, 6.07) is 0. The van der Waals surface area contributed by atoms with E-state index in [-0.39, 0.29) is 12.4 Å². The van der Waals surface area contributed by atoms with Gasteiger partial charge in [-0.1, -0.05) is 0 Å². The van der Waals surface area contributed by atoms with Crippen LogP contribution in [0, 0.1) is 0 Å². The molecule has 0 saturated heterocycles. The fourth-order valence-electron chi connectivity index (χ4n) is 0.185. The topological polar surface area (TPSA) is 14.0 Å². The van der Waals surface area contributed by atoms with E-state index in [0.29, 0.717) is 0 Å². The maximum atomic E-state index is 5.48. The van der Waals surface area contributed by atoms with Crippen LogP contribution in [0.3, 0.4) is 0 Å². The molecular weight excluding hydrogens is 173 g/mol. The van der Waals surface area contributed by atoms with Crippen LogP contribution in [0.4, 0.5) is 0 Å². The first-order valence-electron chi connectivity index (χ1n) is 1.45. The Morgan fingerprint density at radius 3 is 2.57 bits per heavy atom. The number of hydrogen-bond donors (Lipinski definition) is 1. The molecule has 7 heavy (non-hydrogen) atoms. The lowest BCUT2D eigenvalue weighted by atomic mass is 10.9. The van der Waals surface area contributed by atoms with Gasteiger partial charge >= 0.3 is 0 Å². The molecule has 0 atom stereocenters. The SMILES string of the molecule is ClC1=[NH+]SSC1.[Cl-]. The minimum atomic E-state index is 0. The maximum absolute atomic E-state index is 5.48. The number of rotatable bonds is 0. The van der Waals surface area contributed by atoms with E-state index in [1.165, 1.54) is 0 Å². The van der Waals surface area contributed by atoms with Crippen molar-refractivity contribution in [2.45, 2.75) is 0 Å². The van der Waals surface area contributed by atoms with Crippen LogP contribution in [0.1, 0.15) is 0 Å². The van der Waals surface area contributed by atoms with Gasteiger partial charge in [0.15, 0.2) is 0 Å². The fourth-order valence-corrected chi connectivity index (χ4v) is 2.35. The second-order valence-corrected chi connectivity index (χ2v) is 3.41. The van der Waals surface area contributed by atoms with E-state index in [1.54, 1.807) is 21.8 Å². The van der Waals surface area contributed by atoms with Gasteiger partial charge in [0.1, 0.15) is 5.75 Å². The molecule has 0 aromatic rings. The van der Waals surface area contributed by atoms with Crippen LogP contribution < -0.4 is 16.8 Å². The zero-order valence-corrected chi connectivity index (χ0v) is 6.42. The lowest BCUT2D eigenvalue weighted by molar-refractivity contribution is -0.234. The van der Waals surface area contributed by atoms with Gasteiger partial charge in [0, 0.05) is 0 Å². The normalized spacial score (nSPS) is 18.1. The zero-order chi connectivity index (χ0) is 4.41. The summed E-state index contributed by atoms with van der Waals surface area (Å²) in [4.78, 5) is 0. The number of halogens is 2. The van der Waals surface area contributed by atoms with E-state index in [2.05, 4.69) is 4.40 Å². The molecule has 5 heteroatoms. The summed E-state index contributed by atoms with van der Waals surface area (Å²) >= 11 is 5.48. The van der Waals surface area contributed by atoms with Gasteiger partial charge in [-0.25, -0.2) is 0 Å². The van der Waals surface area contributed by atoms with Crippen molar-refractivity contribution < 1.29 is 16.8 Å². The smallest absolute Gasteiger partial charge is 0.268 e. The first kappa shape index (κ1) is 7.95. The van der Waals surface area contributed by atoms with Crippen molar-refractivity contribution >= 4 is 38.5 Å². The van der Waals surface area contributed by atoms with Gasteiger partial charge in [0.2, 0.25) is 11.0 Å². The van der Waals surface area contributed by atoms with Gasteiger partial charge in [0.05, 0.1) is 0 Å². The first-order valence-corrected chi connectivity index (χ1v) is 4.15. The van der Waals surface area contributed by atoms with Crippen molar-refractivity contribution in [2.24, 2.45) is 0 Å². The quantitative estimate of drug-likeness (QED) is 0.312. The van der Waals surface area contributed by atoms with E-state index in [4.69, 9.17) is 11.6 Å². The molecule has 1 rings (SSSR count). The zero-order valence-electron chi connectivity index (χ0n) is 3.28. The molecule has 0 aromatic heterocycles. The molecule has 0 aliphatic carbocycles. The van der Waals surface area contributed by atoms with Crippen LogP contribution >= 0.6 is 33.4 Å². The summed E-state index contributed by atoms with van der Waals surface area (Å²) in [5.74, 6) is 0.937. The largest absolute Gasteiger partial charge is 1.00 e. The Bertz CT molecular complexity index is 83.8. The van der Waals surface area contributed by atoms with E-state index >= 15 is 0 Å². The third kappa shape index (κ3) is 2.69. The summed E-state index contributed by atoms with van der Waals surface area (Å²) in [6.07, 6.45) is 0. The lowest BCUT2D eigenvalue weighted by Gasteiger charge is -1.62. The highest BCUT2D eigenvalue weighted by atomic mass is 35.5. The molecule has 0 spiro atoms. The molecule has 0 radical (unpaired) electrons. The first-order chi connectivity index (χ1) is 2.89. The Hall–Kier alpha value is 0.950. The molecule has 1 N–H and O–H groups in total. The van der Waals surface area contributed by atoms with Gasteiger partial charge in [-0.3, -0.25) is 0 Å². The van der Waals surface area contributed by atoms with Crippen LogP contribution in [-0.2, 0) is 0 Å². The van der Waals surface area contributed by atoms with Crippen molar-refractivity contribution in [1.29, 1.82) is 0 Å².